The fourth-order valence-electron chi connectivity index (χ4n) is 1.73. The van der Waals surface area contributed by atoms with Crippen LogP contribution in [0.3, 0.4) is 0 Å². The summed E-state index contributed by atoms with van der Waals surface area (Å²) >= 11 is 0. The number of aromatic nitrogens is 2. The van der Waals surface area contributed by atoms with E-state index in [-0.39, 0.29) is 12.1 Å². The highest BCUT2D eigenvalue weighted by Crippen LogP contribution is 2.29. The summed E-state index contributed by atoms with van der Waals surface area (Å²) in [5.74, 6) is 0. The summed E-state index contributed by atoms with van der Waals surface area (Å²) in [5.41, 5.74) is 0. The van der Waals surface area contributed by atoms with Crippen molar-refractivity contribution in [2.24, 2.45) is 0 Å². The molecule has 1 aromatic rings. The molecule has 0 aromatic carbocycles. The van der Waals surface area contributed by atoms with Crippen LogP contribution < -0.4 is 0 Å². The molecule has 0 saturated heterocycles. The predicted octanol–water partition coefficient (Wildman–Crippen LogP) is 0.969. The fourth-order valence-corrected chi connectivity index (χ4v) is 1.73. The Labute approximate surface area is 65.7 Å². The highest BCUT2D eigenvalue weighted by atomic mass is 16.3. The molecule has 1 saturated carbocycles. The second kappa shape index (κ2) is 2.66. The lowest BCUT2D eigenvalue weighted by Crippen LogP contribution is -2.16. The highest BCUT2D eigenvalue weighted by molar-refractivity contribution is 4.87. The van der Waals surface area contributed by atoms with Gasteiger partial charge in [0.05, 0.1) is 18.5 Å². The van der Waals surface area contributed by atoms with Crippen LogP contribution in [0.4, 0.5) is 0 Å². The Morgan fingerprint density at radius 2 is 2.36 bits per heavy atom. The SMILES string of the molecule is O[C@H]1CCC[C@H]1n1ccnc1. The first-order valence-electron chi connectivity index (χ1n) is 4.03. The van der Waals surface area contributed by atoms with Gasteiger partial charge in [-0.05, 0) is 19.3 Å². The van der Waals surface area contributed by atoms with Gasteiger partial charge in [-0.15, -0.1) is 0 Å². The van der Waals surface area contributed by atoms with Crippen LogP contribution in [0.25, 0.3) is 0 Å². The zero-order valence-electron chi connectivity index (χ0n) is 6.35. The van der Waals surface area contributed by atoms with Gasteiger partial charge in [-0.25, -0.2) is 4.98 Å². The minimum atomic E-state index is -0.163. The monoisotopic (exact) mass is 152 g/mol. The van der Waals surface area contributed by atoms with E-state index in [1.165, 1.54) is 0 Å². The summed E-state index contributed by atoms with van der Waals surface area (Å²) in [6.45, 7) is 0. The number of aliphatic hydroxyl groups excluding tert-OH is 1. The van der Waals surface area contributed by atoms with Crippen molar-refractivity contribution in [2.45, 2.75) is 31.4 Å². The highest BCUT2D eigenvalue weighted by Gasteiger charge is 2.25. The number of imidazole rings is 1. The van der Waals surface area contributed by atoms with Crippen molar-refractivity contribution in [3.8, 4) is 0 Å². The Morgan fingerprint density at radius 1 is 1.45 bits per heavy atom. The van der Waals surface area contributed by atoms with Crippen LogP contribution in [-0.2, 0) is 0 Å². The van der Waals surface area contributed by atoms with Crippen LogP contribution in [0, 0.1) is 0 Å². The van der Waals surface area contributed by atoms with E-state index >= 15 is 0 Å². The van der Waals surface area contributed by atoms with Gasteiger partial charge in [0.1, 0.15) is 0 Å². The summed E-state index contributed by atoms with van der Waals surface area (Å²) in [6.07, 6.45) is 8.43. The zero-order chi connectivity index (χ0) is 7.68. The molecule has 3 heteroatoms. The molecule has 1 aliphatic carbocycles. The van der Waals surface area contributed by atoms with Gasteiger partial charge in [-0.2, -0.15) is 0 Å². The Kier molecular flexibility index (Phi) is 1.66. The van der Waals surface area contributed by atoms with Crippen molar-refractivity contribution >= 4 is 0 Å². The van der Waals surface area contributed by atoms with E-state index in [1.807, 2.05) is 10.8 Å². The van der Waals surface area contributed by atoms with Gasteiger partial charge in [0, 0.05) is 12.4 Å². The fraction of sp³-hybridized carbons (Fsp3) is 0.625. The first-order chi connectivity index (χ1) is 5.38. The standard InChI is InChI=1S/C8H12N2O/c11-8-3-1-2-7(8)10-5-4-9-6-10/h4-8,11H,1-3H2/t7-,8+/m1/s1. The van der Waals surface area contributed by atoms with Crippen molar-refractivity contribution in [3.63, 3.8) is 0 Å². The molecule has 0 radical (unpaired) electrons. The molecule has 0 spiro atoms. The third-order valence-electron chi connectivity index (χ3n) is 2.35. The summed E-state index contributed by atoms with van der Waals surface area (Å²) in [4.78, 5) is 3.95. The molecule has 1 heterocycles. The molecule has 2 atom stereocenters. The van der Waals surface area contributed by atoms with E-state index in [9.17, 15) is 5.11 Å². The molecule has 1 fully saturated rings. The normalized spacial score (nSPS) is 31.0. The first kappa shape index (κ1) is 6.85. The maximum Gasteiger partial charge on any atom is 0.0949 e. The Morgan fingerprint density at radius 3 is 2.91 bits per heavy atom. The van der Waals surface area contributed by atoms with Gasteiger partial charge in [0.15, 0.2) is 0 Å². The van der Waals surface area contributed by atoms with E-state index in [2.05, 4.69) is 4.98 Å². The molecule has 0 unspecified atom stereocenters. The number of rotatable bonds is 1. The molecule has 1 aliphatic rings. The average molecular weight is 152 g/mol. The van der Waals surface area contributed by atoms with Crippen LogP contribution in [0.2, 0.25) is 0 Å². The third kappa shape index (κ3) is 1.16. The quantitative estimate of drug-likeness (QED) is 0.651. The molecular weight excluding hydrogens is 140 g/mol. The van der Waals surface area contributed by atoms with Gasteiger partial charge >= 0.3 is 0 Å². The molecule has 3 nitrogen and oxygen atoms in total. The molecule has 0 aliphatic heterocycles. The number of aliphatic hydroxyl groups is 1. The summed E-state index contributed by atoms with van der Waals surface area (Å²) < 4.78 is 2.00. The van der Waals surface area contributed by atoms with Crippen LogP contribution in [0.1, 0.15) is 25.3 Å². The molecule has 2 rings (SSSR count). The van der Waals surface area contributed by atoms with Gasteiger partial charge < -0.3 is 9.67 Å². The van der Waals surface area contributed by atoms with E-state index in [4.69, 9.17) is 0 Å². The van der Waals surface area contributed by atoms with Crippen molar-refractivity contribution in [1.29, 1.82) is 0 Å². The van der Waals surface area contributed by atoms with E-state index in [1.54, 1.807) is 12.5 Å². The molecular formula is C8H12N2O. The molecule has 0 bridgehead atoms. The summed E-state index contributed by atoms with van der Waals surface area (Å²) in [6, 6.07) is 0.275. The number of nitrogens with zero attached hydrogens (tertiary/aromatic N) is 2. The second-order valence-electron chi connectivity index (χ2n) is 3.08. The zero-order valence-corrected chi connectivity index (χ0v) is 6.35. The average Bonchev–Trinajstić information content (AvgIpc) is 2.55. The van der Waals surface area contributed by atoms with E-state index in [0.29, 0.717) is 0 Å². The Bertz CT molecular complexity index is 220. The van der Waals surface area contributed by atoms with Crippen molar-refractivity contribution < 1.29 is 5.11 Å². The van der Waals surface area contributed by atoms with E-state index in [0.717, 1.165) is 19.3 Å². The molecule has 0 amide bonds. The van der Waals surface area contributed by atoms with Gasteiger partial charge in [-0.3, -0.25) is 0 Å². The predicted molar refractivity (Wildman–Crippen MR) is 41.1 cm³/mol. The van der Waals surface area contributed by atoms with Crippen LogP contribution in [0.5, 0.6) is 0 Å². The maximum absolute atomic E-state index is 9.51. The lowest BCUT2D eigenvalue weighted by Gasteiger charge is -2.14. The summed E-state index contributed by atoms with van der Waals surface area (Å²) in [5, 5.41) is 9.51. The van der Waals surface area contributed by atoms with Gasteiger partial charge in [-0.1, -0.05) is 0 Å². The van der Waals surface area contributed by atoms with Crippen molar-refractivity contribution in [1.82, 2.24) is 9.55 Å². The van der Waals surface area contributed by atoms with Gasteiger partial charge in [0.2, 0.25) is 0 Å². The van der Waals surface area contributed by atoms with Crippen molar-refractivity contribution in [2.75, 3.05) is 0 Å². The topological polar surface area (TPSA) is 38.0 Å². The number of hydrogen-bond acceptors (Lipinski definition) is 2. The van der Waals surface area contributed by atoms with Crippen LogP contribution in [-0.4, -0.2) is 20.8 Å². The largest absolute Gasteiger partial charge is 0.391 e. The smallest absolute Gasteiger partial charge is 0.0949 e. The minimum absolute atomic E-state index is 0.163. The lowest BCUT2D eigenvalue weighted by molar-refractivity contribution is 0.136. The Hall–Kier alpha value is -0.830. The van der Waals surface area contributed by atoms with Crippen LogP contribution >= 0.6 is 0 Å². The first-order valence-corrected chi connectivity index (χ1v) is 4.03. The minimum Gasteiger partial charge on any atom is -0.391 e. The molecule has 11 heavy (non-hydrogen) atoms. The number of hydrogen-bond donors (Lipinski definition) is 1. The lowest BCUT2D eigenvalue weighted by atomic mass is 10.2. The molecule has 60 valence electrons. The van der Waals surface area contributed by atoms with Crippen LogP contribution in [0.15, 0.2) is 18.7 Å². The second-order valence-corrected chi connectivity index (χ2v) is 3.08. The Balaban J connectivity index is 2.16. The molecule has 1 N–H and O–H groups in total. The third-order valence-corrected chi connectivity index (χ3v) is 2.35. The van der Waals surface area contributed by atoms with Crippen molar-refractivity contribution in [3.05, 3.63) is 18.7 Å². The van der Waals surface area contributed by atoms with E-state index < -0.39 is 0 Å². The van der Waals surface area contributed by atoms with Gasteiger partial charge in [0.25, 0.3) is 0 Å². The summed E-state index contributed by atoms with van der Waals surface area (Å²) in [7, 11) is 0. The molecule has 1 aromatic heterocycles. The maximum atomic E-state index is 9.51.